The summed E-state index contributed by atoms with van der Waals surface area (Å²) in [7, 11) is 1.44. The van der Waals surface area contributed by atoms with Crippen LogP contribution in [0.2, 0.25) is 5.02 Å². The van der Waals surface area contributed by atoms with Gasteiger partial charge in [-0.1, -0.05) is 11.6 Å². The van der Waals surface area contributed by atoms with Crippen LogP contribution < -0.4 is 10.6 Å². The van der Waals surface area contributed by atoms with Crippen molar-refractivity contribution < 1.29 is 14.5 Å². The molecule has 8 heteroatoms. The molecule has 1 rings (SSSR count). The molecule has 0 aliphatic rings. The SMILES string of the molecule is CNC(=O)C(C)NC(=O)c1cc([N+](=O)[O-])ccc1Cl. The summed E-state index contributed by atoms with van der Waals surface area (Å²) in [4.78, 5) is 33.1. The van der Waals surface area contributed by atoms with Gasteiger partial charge in [0.25, 0.3) is 11.6 Å². The van der Waals surface area contributed by atoms with Crippen molar-refractivity contribution in [3.8, 4) is 0 Å². The highest BCUT2D eigenvalue weighted by atomic mass is 35.5. The molecule has 2 amide bonds. The number of carbonyl (C=O) groups excluding carboxylic acids is 2. The lowest BCUT2D eigenvalue weighted by Crippen LogP contribution is -2.43. The Bertz CT molecular complexity index is 533. The summed E-state index contributed by atoms with van der Waals surface area (Å²) < 4.78 is 0. The third-order valence-electron chi connectivity index (χ3n) is 2.39. The lowest BCUT2D eigenvalue weighted by molar-refractivity contribution is -0.384. The van der Waals surface area contributed by atoms with Crippen molar-refractivity contribution >= 4 is 29.1 Å². The number of nitrogens with zero attached hydrogens (tertiary/aromatic N) is 1. The minimum atomic E-state index is -0.771. The van der Waals surface area contributed by atoms with Crippen LogP contribution >= 0.6 is 11.6 Å². The molecule has 0 saturated carbocycles. The molecule has 0 aliphatic heterocycles. The van der Waals surface area contributed by atoms with Crippen LogP contribution in [0.25, 0.3) is 0 Å². The predicted molar refractivity (Wildman–Crippen MR) is 69.1 cm³/mol. The third kappa shape index (κ3) is 3.65. The normalized spacial score (nSPS) is 11.5. The van der Waals surface area contributed by atoms with E-state index in [2.05, 4.69) is 10.6 Å². The van der Waals surface area contributed by atoms with Crippen LogP contribution in [0, 0.1) is 10.1 Å². The molecule has 0 spiro atoms. The molecule has 19 heavy (non-hydrogen) atoms. The van der Waals surface area contributed by atoms with Crippen LogP contribution in [0.5, 0.6) is 0 Å². The highest BCUT2D eigenvalue weighted by molar-refractivity contribution is 6.34. The summed E-state index contributed by atoms with van der Waals surface area (Å²) >= 11 is 5.81. The van der Waals surface area contributed by atoms with E-state index in [4.69, 9.17) is 11.6 Å². The van der Waals surface area contributed by atoms with Crippen LogP contribution in [0.15, 0.2) is 18.2 Å². The van der Waals surface area contributed by atoms with E-state index in [1.807, 2.05) is 0 Å². The van der Waals surface area contributed by atoms with E-state index in [0.29, 0.717) is 0 Å². The molecule has 0 fully saturated rings. The zero-order valence-corrected chi connectivity index (χ0v) is 11.0. The first kappa shape index (κ1) is 14.9. The van der Waals surface area contributed by atoms with Gasteiger partial charge in [0, 0.05) is 19.2 Å². The van der Waals surface area contributed by atoms with Crippen molar-refractivity contribution in [3.05, 3.63) is 38.9 Å². The van der Waals surface area contributed by atoms with Gasteiger partial charge in [-0.05, 0) is 13.0 Å². The average molecular weight is 286 g/mol. The Balaban J connectivity index is 2.96. The zero-order chi connectivity index (χ0) is 14.6. The lowest BCUT2D eigenvalue weighted by atomic mass is 10.1. The second kappa shape index (κ2) is 6.14. The third-order valence-corrected chi connectivity index (χ3v) is 2.72. The number of hydrogen-bond acceptors (Lipinski definition) is 4. The molecule has 0 heterocycles. The molecule has 0 saturated heterocycles. The van der Waals surface area contributed by atoms with Gasteiger partial charge in [0.15, 0.2) is 0 Å². The summed E-state index contributed by atoms with van der Waals surface area (Å²) in [5, 5.41) is 15.5. The van der Waals surface area contributed by atoms with Gasteiger partial charge in [-0.3, -0.25) is 19.7 Å². The maximum atomic E-state index is 11.9. The Morgan fingerprint density at radius 2 is 2.05 bits per heavy atom. The molecule has 1 aromatic carbocycles. The zero-order valence-electron chi connectivity index (χ0n) is 10.3. The van der Waals surface area contributed by atoms with Crippen LogP contribution in [0.1, 0.15) is 17.3 Å². The van der Waals surface area contributed by atoms with Gasteiger partial charge < -0.3 is 10.6 Å². The van der Waals surface area contributed by atoms with Crippen molar-refractivity contribution in [2.24, 2.45) is 0 Å². The molecule has 2 N–H and O–H groups in total. The number of nitro benzene ring substituents is 1. The molecule has 1 atom stereocenters. The number of carbonyl (C=O) groups is 2. The van der Waals surface area contributed by atoms with Crippen LogP contribution in [-0.4, -0.2) is 29.8 Å². The summed E-state index contributed by atoms with van der Waals surface area (Å²) in [6.07, 6.45) is 0. The maximum Gasteiger partial charge on any atom is 0.270 e. The van der Waals surface area contributed by atoms with E-state index >= 15 is 0 Å². The monoisotopic (exact) mass is 285 g/mol. The molecule has 0 bridgehead atoms. The lowest BCUT2D eigenvalue weighted by Gasteiger charge is -2.12. The van der Waals surface area contributed by atoms with E-state index in [-0.39, 0.29) is 22.2 Å². The van der Waals surface area contributed by atoms with Crippen LogP contribution in [0.3, 0.4) is 0 Å². The number of hydrogen-bond donors (Lipinski definition) is 2. The smallest absolute Gasteiger partial charge is 0.270 e. The highest BCUT2D eigenvalue weighted by Gasteiger charge is 2.19. The Hall–Kier alpha value is -2.15. The highest BCUT2D eigenvalue weighted by Crippen LogP contribution is 2.21. The standard InChI is InChI=1S/C11H12ClN3O4/c1-6(10(16)13-2)14-11(17)8-5-7(15(18)19)3-4-9(8)12/h3-6H,1-2H3,(H,13,16)(H,14,17). The second-order valence-electron chi connectivity index (χ2n) is 3.73. The molecule has 7 nitrogen and oxygen atoms in total. The van der Waals surface area contributed by atoms with Crippen LogP contribution in [-0.2, 0) is 4.79 Å². The van der Waals surface area contributed by atoms with Gasteiger partial charge in [0.05, 0.1) is 15.5 Å². The Morgan fingerprint density at radius 1 is 1.42 bits per heavy atom. The number of nitro groups is 1. The Labute approximate surface area is 114 Å². The minimum Gasteiger partial charge on any atom is -0.357 e. The number of halogens is 1. The molecular weight excluding hydrogens is 274 g/mol. The summed E-state index contributed by atoms with van der Waals surface area (Å²) in [6, 6.07) is 2.75. The van der Waals surface area contributed by atoms with Crippen molar-refractivity contribution in [2.45, 2.75) is 13.0 Å². The largest absolute Gasteiger partial charge is 0.357 e. The molecule has 0 aliphatic carbocycles. The predicted octanol–water partition coefficient (Wildman–Crippen LogP) is 1.11. The van der Waals surface area contributed by atoms with Crippen molar-refractivity contribution in [1.29, 1.82) is 0 Å². The van der Waals surface area contributed by atoms with Crippen LogP contribution in [0.4, 0.5) is 5.69 Å². The fourth-order valence-corrected chi connectivity index (χ4v) is 1.56. The summed E-state index contributed by atoms with van der Waals surface area (Å²) in [5.74, 6) is -1.03. The molecule has 0 radical (unpaired) electrons. The fourth-order valence-electron chi connectivity index (χ4n) is 1.36. The summed E-state index contributed by atoms with van der Waals surface area (Å²) in [6.45, 7) is 1.49. The number of rotatable bonds is 4. The number of amides is 2. The molecule has 1 aromatic rings. The Kier molecular flexibility index (Phi) is 4.82. The van der Waals surface area contributed by atoms with E-state index in [1.165, 1.54) is 26.1 Å². The van der Waals surface area contributed by atoms with Gasteiger partial charge in [0.2, 0.25) is 5.91 Å². The fraction of sp³-hybridized carbons (Fsp3) is 0.273. The van der Waals surface area contributed by atoms with Gasteiger partial charge in [-0.15, -0.1) is 0 Å². The molecular formula is C11H12ClN3O4. The van der Waals surface area contributed by atoms with Gasteiger partial charge >= 0.3 is 0 Å². The first-order valence-electron chi connectivity index (χ1n) is 5.33. The van der Waals surface area contributed by atoms with Gasteiger partial charge in [-0.25, -0.2) is 0 Å². The van der Waals surface area contributed by atoms with Gasteiger partial charge in [0.1, 0.15) is 6.04 Å². The first-order chi connectivity index (χ1) is 8.86. The Morgan fingerprint density at radius 3 is 2.58 bits per heavy atom. The molecule has 0 aromatic heterocycles. The number of nitrogens with one attached hydrogen (secondary N) is 2. The van der Waals surface area contributed by atoms with Crippen molar-refractivity contribution in [2.75, 3.05) is 7.05 Å². The van der Waals surface area contributed by atoms with E-state index in [0.717, 1.165) is 6.07 Å². The number of non-ortho nitro benzene ring substituents is 1. The van der Waals surface area contributed by atoms with Crippen molar-refractivity contribution in [3.63, 3.8) is 0 Å². The maximum absolute atomic E-state index is 11.9. The first-order valence-corrected chi connectivity index (χ1v) is 5.71. The molecule has 1 unspecified atom stereocenters. The average Bonchev–Trinajstić information content (AvgIpc) is 2.37. The quantitative estimate of drug-likeness (QED) is 0.639. The van der Waals surface area contributed by atoms with E-state index in [1.54, 1.807) is 0 Å². The topological polar surface area (TPSA) is 101 Å². The number of benzene rings is 1. The minimum absolute atomic E-state index is 0.0494. The second-order valence-corrected chi connectivity index (χ2v) is 4.14. The van der Waals surface area contributed by atoms with E-state index in [9.17, 15) is 19.7 Å². The van der Waals surface area contributed by atoms with Gasteiger partial charge in [-0.2, -0.15) is 0 Å². The number of likely N-dealkylation sites (N-methyl/N-ethyl adjacent to an activating group) is 1. The van der Waals surface area contributed by atoms with E-state index < -0.39 is 16.9 Å². The molecule has 102 valence electrons. The van der Waals surface area contributed by atoms with Crippen molar-refractivity contribution in [1.82, 2.24) is 10.6 Å². The summed E-state index contributed by atoms with van der Waals surface area (Å²) in [5.41, 5.74) is -0.297.